The summed E-state index contributed by atoms with van der Waals surface area (Å²) in [5.41, 5.74) is 5.02. The van der Waals surface area contributed by atoms with Gasteiger partial charge in [0.15, 0.2) is 0 Å². The van der Waals surface area contributed by atoms with Crippen molar-refractivity contribution >= 4 is 0 Å². The molecule has 0 bridgehead atoms. The fourth-order valence-electron chi connectivity index (χ4n) is 2.37. The highest BCUT2D eigenvalue weighted by Gasteiger charge is 2.23. The first-order valence-electron chi connectivity index (χ1n) is 6.70. The van der Waals surface area contributed by atoms with Crippen molar-refractivity contribution in [1.29, 1.82) is 0 Å². The predicted octanol–water partition coefficient (Wildman–Crippen LogP) is 3.10. The molecule has 0 saturated heterocycles. The molecular formula is C16H23N3. The van der Waals surface area contributed by atoms with Crippen molar-refractivity contribution in [1.82, 2.24) is 15.1 Å². The maximum atomic E-state index is 4.66. The molecule has 0 aliphatic heterocycles. The van der Waals surface area contributed by atoms with Crippen LogP contribution in [-0.2, 0) is 19.0 Å². The third-order valence-corrected chi connectivity index (χ3v) is 3.21. The molecule has 1 aromatic heterocycles. The first kappa shape index (κ1) is 13.8. The summed E-state index contributed by atoms with van der Waals surface area (Å²) in [4.78, 5) is 0. The molecule has 0 atom stereocenters. The molecule has 0 unspecified atom stereocenters. The Balaban J connectivity index is 2.59. The van der Waals surface area contributed by atoms with Crippen LogP contribution in [0.1, 0.15) is 32.0 Å². The fourth-order valence-corrected chi connectivity index (χ4v) is 2.37. The summed E-state index contributed by atoms with van der Waals surface area (Å²) in [6.07, 6.45) is 2.12. The van der Waals surface area contributed by atoms with Crippen LogP contribution in [0.4, 0.5) is 0 Å². The van der Waals surface area contributed by atoms with Gasteiger partial charge in [-0.1, -0.05) is 45.0 Å². The topological polar surface area (TPSA) is 29.9 Å². The van der Waals surface area contributed by atoms with Crippen molar-refractivity contribution in [3.8, 4) is 11.1 Å². The van der Waals surface area contributed by atoms with Crippen LogP contribution in [0.3, 0.4) is 0 Å². The van der Waals surface area contributed by atoms with Crippen LogP contribution in [-0.4, -0.2) is 16.8 Å². The van der Waals surface area contributed by atoms with Crippen LogP contribution in [0.15, 0.2) is 30.5 Å². The Morgan fingerprint density at radius 1 is 1.16 bits per heavy atom. The number of rotatable bonds is 3. The predicted molar refractivity (Wildman–Crippen MR) is 80.1 cm³/mol. The second kappa shape index (κ2) is 5.17. The molecule has 19 heavy (non-hydrogen) atoms. The molecule has 0 fully saturated rings. The molecule has 1 N–H and O–H groups in total. The zero-order valence-corrected chi connectivity index (χ0v) is 12.5. The van der Waals surface area contributed by atoms with Gasteiger partial charge in [0.2, 0.25) is 0 Å². The first-order valence-corrected chi connectivity index (χ1v) is 6.70. The monoisotopic (exact) mass is 257 g/mol. The van der Waals surface area contributed by atoms with E-state index < -0.39 is 0 Å². The second-order valence-electron chi connectivity index (χ2n) is 6.00. The number of aryl methyl sites for hydroxylation is 1. The van der Waals surface area contributed by atoms with Gasteiger partial charge >= 0.3 is 0 Å². The van der Waals surface area contributed by atoms with Crippen LogP contribution < -0.4 is 5.32 Å². The standard InChI is InChI=1S/C16H23N3/c1-16(2,3)15-14(11-19(5)18-15)13-9-7-6-8-12(13)10-17-4/h6-9,11,17H,10H2,1-5H3. The molecule has 102 valence electrons. The summed E-state index contributed by atoms with van der Waals surface area (Å²) in [6.45, 7) is 7.49. The summed E-state index contributed by atoms with van der Waals surface area (Å²) in [5, 5.41) is 7.89. The smallest absolute Gasteiger partial charge is 0.0756 e. The molecule has 3 heteroatoms. The highest BCUT2D eigenvalue weighted by Crippen LogP contribution is 2.33. The Kier molecular flexibility index (Phi) is 3.76. The average Bonchev–Trinajstić information content (AvgIpc) is 2.72. The SMILES string of the molecule is CNCc1ccccc1-c1cn(C)nc1C(C)(C)C. The lowest BCUT2D eigenvalue weighted by atomic mass is 9.86. The third-order valence-electron chi connectivity index (χ3n) is 3.21. The van der Waals surface area contributed by atoms with Gasteiger partial charge in [-0.25, -0.2) is 0 Å². The van der Waals surface area contributed by atoms with E-state index >= 15 is 0 Å². The maximum absolute atomic E-state index is 4.66. The Hall–Kier alpha value is -1.61. The lowest BCUT2D eigenvalue weighted by Gasteiger charge is -2.18. The van der Waals surface area contributed by atoms with Gasteiger partial charge in [-0.15, -0.1) is 0 Å². The zero-order valence-electron chi connectivity index (χ0n) is 12.5. The van der Waals surface area contributed by atoms with Crippen LogP contribution in [0.25, 0.3) is 11.1 Å². The van der Waals surface area contributed by atoms with Gasteiger partial charge in [-0.05, 0) is 18.2 Å². The highest BCUT2D eigenvalue weighted by molar-refractivity contribution is 5.70. The quantitative estimate of drug-likeness (QED) is 0.915. The van der Waals surface area contributed by atoms with Gasteiger partial charge in [0, 0.05) is 30.8 Å². The van der Waals surface area contributed by atoms with E-state index in [1.165, 1.54) is 16.7 Å². The van der Waals surface area contributed by atoms with E-state index in [2.05, 4.69) is 61.6 Å². The largest absolute Gasteiger partial charge is 0.316 e. The molecule has 3 nitrogen and oxygen atoms in total. The van der Waals surface area contributed by atoms with Gasteiger partial charge in [0.1, 0.15) is 0 Å². The minimum Gasteiger partial charge on any atom is -0.316 e. The van der Waals surface area contributed by atoms with E-state index in [-0.39, 0.29) is 5.41 Å². The summed E-state index contributed by atoms with van der Waals surface area (Å²) in [6, 6.07) is 8.53. The van der Waals surface area contributed by atoms with E-state index in [4.69, 9.17) is 0 Å². The molecule has 0 saturated carbocycles. The van der Waals surface area contributed by atoms with E-state index in [1.54, 1.807) is 0 Å². The van der Waals surface area contributed by atoms with Gasteiger partial charge < -0.3 is 5.32 Å². The van der Waals surface area contributed by atoms with E-state index in [0.29, 0.717) is 0 Å². The van der Waals surface area contributed by atoms with Crippen molar-refractivity contribution in [2.75, 3.05) is 7.05 Å². The molecule has 1 heterocycles. The number of benzene rings is 1. The minimum atomic E-state index is 0.0450. The van der Waals surface area contributed by atoms with Crippen molar-refractivity contribution in [2.45, 2.75) is 32.7 Å². The Morgan fingerprint density at radius 3 is 2.47 bits per heavy atom. The van der Waals surface area contributed by atoms with Gasteiger partial charge in [0.05, 0.1) is 5.69 Å². The number of hydrogen-bond acceptors (Lipinski definition) is 2. The summed E-state index contributed by atoms with van der Waals surface area (Å²) < 4.78 is 1.91. The fraction of sp³-hybridized carbons (Fsp3) is 0.438. The van der Waals surface area contributed by atoms with E-state index in [0.717, 1.165) is 12.2 Å². The van der Waals surface area contributed by atoms with Crippen molar-refractivity contribution in [3.05, 3.63) is 41.7 Å². The molecule has 0 aliphatic rings. The minimum absolute atomic E-state index is 0.0450. The molecule has 1 aromatic carbocycles. The Bertz CT molecular complexity index is 562. The molecule has 0 amide bonds. The van der Waals surface area contributed by atoms with Crippen LogP contribution in [0.2, 0.25) is 0 Å². The first-order chi connectivity index (χ1) is 8.93. The van der Waals surface area contributed by atoms with E-state index in [1.807, 2.05) is 18.8 Å². The van der Waals surface area contributed by atoms with E-state index in [9.17, 15) is 0 Å². The highest BCUT2D eigenvalue weighted by atomic mass is 15.3. The Labute approximate surface area is 115 Å². The van der Waals surface area contributed by atoms with Gasteiger partial charge in [-0.2, -0.15) is 5.10 Å². The summed E-state index contributed by atoms with van der Waals surface area (Å²) >= 11 is 0. The van der Waals surface area contributed by atoms with Crippen molar-refractivity contribution < 1.29 is 0 Å². The van der Waals surface area contributed by atoms with Crippen LogP contribution in [0, 0.1) is 0 Å². The maximum Gasteiger partial charge on any atom is 0.0756 e. The number of nitrogens with zero attached hydrogens (tertiary/aromatic N) is 2. The Morgan fingerprint density at radius 2 is 1.84 bits per heavy atom. The number of aromatic nitrogens is 2. The van der Waals surface area contributed by atoms with Crippen molar-refractivity contribution in [2.24, 2.45) is 7.05 Å². The average molecular weight is 257 g/mol. The molecule has 2 aromatic rings. The lowest BCUT2D eigenvalue weighted by molar-refractivity contribution is 0.554. The second-order valence-corrected chi connectivity index (χ2v) is 6.00. The molecule has 0 spiro atoms. The van der Waals surface area contributed by atoms with Gasteiger partial charge in [0.25, 0.3) is 0 Å². The van der Waals surface area contributed by atoms with Crippen LogP contribution >= 0.6 is 0 Å². The third kappa shape index (κ3) is 2.87. The summed E-state index contributed by atoms with van der Waals surface area (Å²) in [5.74, 6) is 0. The molecule has 0 radical (unpaired) electrons. The van der Waals surface area contributed by atoms with Crippen molar-refractivity contribution in [3.63, 3.8) is 0 Å². The molecule has 2 rings (SSSR count). The van der Waals surface area contributed by atoms with Gasteiger partial charge in [-0.3, -0.25) is 4.68 Å². The molecular weight excluding hydrogens is 234 g/mol. The molecule has 0 aliphatic carbocycles. The van der Waals surface area contributed by atoms with Crippen LogP contribution in [0.5, 0.6) is 0 Å². The number of nitrogens with one attached hydrogen (secondary N) is 1. The zero-order chi connectivity index (χ0) is 14.0. The normalized spacial score (nSPS) is 11.8. The summed E-state index contributed by atoms with van der Waals surface area (Å²) in [7, 11) is 3.96. The number of hydrogen-bond donors (Lipinski definition) is 1. The lowest BCUT2D eigenvalue weighted by Crippen LogP contribution is -2.14.